The minimum Gasteiger partial charge on any atom is -0.384 e. The van der Waals surface area contributed by atoms with Crippen LogP contribution in [0.5, 0.6) is 0 Å². The van der Waals surface area contributed by atoms with Gasteiger partial charge in [0, 0.05) is 0 Å². The lowest BCUT2D eigenvalue weighted by Gasteiger charge is -2.03. The fourth-order valence-corrected chi connectivity index (χ4v) is 0.644. The molecule has 0 rings (SSSR count). The minimum absolute atomic E-state index is 0.0954. The van der Waals surface area contributed by atoms with Crippen molar-refractivity contribution in [2.45, 2.75) is 27.2 Å². The molecule has 0 bridgehead atoms. The van der Waals surface area contributed by atoms with Gasteiger partial charge in [-0.2, -0.15) is 10.2 Å². The van der Waals surface area contributed by atoms with Gasteiger partial charge in [-0.25, -0.2) is 0 Å². The number of nitrogens with two attached hydrogens (primary N) is 3. The summed E-state index contributed by atoms with van der Waals surface area (Å²) in [7, 11) is 0. The van der Waals surface area contributed by atoms with Crippen LogP contribution in [0.4, 0.5) is 0 Å². The largest absolute Gasteiger partial charge is 0.384 e. The Hall–Kier alpha value is -2.05. The van der Waals surface area contributed by atoms with Crippen LogP contribution < -0.4 is 22.6 Å². The fraction of sp³-hybridized carbons (Fsp3) is 0.444. The summed E-state index contributed by atoms with van der Waals surface area (Å²) in [6, 6.07) is 0. The summed E-state index contributed by atoms with van der Waals surface area (Å²) in [4.78, 5) is 0. The zero-order valence-electron chi connectivity index (χ0n) is 9.86. The Kier molecular flexibility index (Phi) is 6.34. The molecule has 0 aliphatic carbocycles. The molecule has 7 N–H and O–H groups in total. The highest BCUT2D eigenvalue weighted by Gasteiger charge is 1.92. The highest BCUT2D eigenvalue weighted by Crippen LogP contribution is 1.98. The SMILES string of the molecule is CC/C(C)=C(\N)N/N=C/C(C)=N/N=C(N)N. The van der Waals surface area contributed by atoms with Gasteiger partial charge < -0.3 is 17.2 Å². The van der Waals surface area contributed by atoms with Gasteiger partial charge in [0.2, 0.25) is 5.96 Å². The van der Waals surface area contributed by atoms with E-state index >= 15 is 0 Å². The van der Waals surface area contributed by atoms with Crippen LogP contribution in [0.2, 0.25) is 0 Å². The predicted octanol–water partition coefficient (Wildman–Crippen LogP) is -0.189. The van der Waals surface area contributed by atoms with Crippen LogP contribution in [0, 0.1) is 0 Å². The topological polar surface area (TPSA) is 127 Å². The second-order valence-corrected chi connectivity index (χ2v) is 3.18. The Bertz CT molecular complexity index is 334. The molecule has 0 aliphatic heterocycles. The number of allylic oxidation sites excluding steroid dienone is 1. The van der Waals surface area contributed by atoms with Gasteiger partial charge in [-0.1, -0.05) is 6.92 Å². The van der Waals surface area contributed by atoms with E-state index in [9.17, 15) is 0 Å². The Balaban J connectivity index is 4.32. The third kappa shape index (κ3) is 6.41. The van der Waals surface area contributed by atoms with Gasteiger partial charge in [0.05, 0.1) is 11.9 Å². The van der Waals surface area contributed by atoms with Crippen molar-refractivity contribution in [2.24, 2.45) is 32.5 Å². The van der Waals surface area contributed by atoms with Crippen LogP contribution in [0.3, 0.4) is 0 Å². The van der Waals surface area contributed by atoms with E-state index in [0.717, 1.165) is 12.0 Å². The summed E-state index contributed by atoms with van der Waals surface area (Å²) >= 11 is 0. The lowest BCUT2D eigenvalue weighted by atomic mass is 10.2. The predicted molar refractivity (Wildman–Crippen MR) is 67.7 cm³/mol. The summed E-state index contributed by atoms with van der Waals surface area (Å²) in [5, 5.41) is 11.0. The van der Waals surface area contributed by atoms with E-state index in [0.29, 0.717) is 11.5 Å². The summed E-state index contributed by atoms with van der Waals surface area (Å²) in [6.07, 6.45) is 2.34. The van der Waals surface area contributed by atoms with Gasteiger partial charge in [0.25, 0.3) is 0 Å². The van der Waals surface area contributed by atoms with Crippen molar-refractivity contribution in [3.8, 4) is 0 Å². The van der Waals surface area contributed by atoms with Crippen LogP contribution in [-0.2, 0) is 0 Å². The van der Waals surface area contributed by atoms with Gasteiger partial charge in [-0.3, -0.25) is 5.43 Å². The molecule has 7 heteroatoms. The fourth-order valence-electron chi connectivity index (χ4n) is 0.644. The summed E-state index contributed by atoms with van der Waals surface area (Å²) < 4.78 is 0. The Morgan fingerprint density at radius 2 is 1.81 bits per heavy atom. The maximum absolute atomic E-state index is 5.68. The third-order valence-electron chi connectivity index (χ3n) is 1.75. The van der Waals surface area contributed by atoms with Gasteiger partial charge in [-0.15, -0.1) is 5.10 Å². The molecule has 0 saturated carbocycles. The lowest BCUT2D eigenvalue weighted by molar-refractivity contribution is 0.838. The molecule has 0 aromatic rings. The molecule has 0 aromatic heterocycles. The van der Waals surface area contributed by atoms with Crippen molar-refractivity contribution in [2.75, 3.05) is 0 Å². The van der Waals surface area contributed by atoms with Crippen LogP contribution in [-0.4, -0.2) is 17.9 Å². The molecular weight excluding hydrogens is 206 g/mol. The van der Waals surface area contributed by atoms with Crippen LogP contribution >= 0.6 is 0 Å². The molecule has 0 radical (unpaired) electrons. The minimum atomic E-state index is -0.0954. The molecule has 0 unspecified atom stereocenters. The first kappa shape index (κ1) is 13.9. The Morgan fingerprint density at radius 1 is 1.19 bits per heavy atom. The molecule has 0 atom stereocenters. The molecule has 0 heterocycles. The first-order chi connectivity index (χ1) is 7.47. The molecule has 0 aliphatic rings. The van der Waals surface area contributed by atoms with Crippen molar-refractivity contribution < 1.29 is 0 Å². The van der Waals surface area contributed by atoms with Gasteiger partial charge >= 0.3 is 0 Å². The quantitative estimate of drug-likeness (QED) is 0.294. The zero-order valence-corrected chi connectivity index (χ0v) is 9.86. The van der Waals surface area contributed by atoms with E-state index < -0.39 is 0 Å². The normalized spacial score (nSPS) is 13.6. The van der Waals surface area contributed by atoms with Crippen molar-refractivity contribution >= 4 is 17.9 Å². The average molecular weight is 225 g/mol. The number of hydrazone groups is 1. The van der Waals surface area contributed by atoms with Crippen molar-refractivity contribution in [1.82, 2.24) is 5.43 Å². The maximum Gasteiger partial charge on any atom is 0.211 e. The highest BCUT2D eigenvalue weighted by molar-refractivity contribution is 6.29. The molecule has 0 fully saturated rings. The Labute approximate surface area is 95.2 Å². The number of hydrogen-bond acceptors (Lipinski definition) is 5. The smallest absolute Gasteiger partial charge is 0.211 e. The first-order valence-electron chi connectivity index (χ1n) is 4.84. The second-order valence-electron chi connectivity index (χ2n) is 3.18. The van der Waals surface area contributed by atoms with Crippen molar-refractivity contribution in [3.63, 3.8) is 0 Å². The van der Waals surface area contributed by atoms with E-state index in [1.54, 1.807) is 6.92 Å². The molecular formula is C9H19N7. The summed E-state index contributed by atoms with van der Waals surface area (Å²) in [6.45, 7) is 5.65. The van der Waals surface area contributed by atoms with Crippen molar-refractivity contribution in [1.29, 1.82) is 0 Å². The standard InChI is InChI=1S/C9H19N7/c1-4-6(2)8(10)15-13-5-7(3)14-16-9(11)12/h5,15H,4,10H2,1-3H3,(H4,11,12,16)/b8-6+,13-5+,14-7+. The number of rotatable bonds is 5. The number of guanidine groups is 1. The summed E-state index contributed by atoms with van der Waals surface area (Å²) in [5.41, 5.74) is 20.2. The molecule has 0 saturated heterocycles. The molecule has 0 aromatic carbocycles. The van der Waals surface area contributed by atoms with Gasteiger partial charge in [0.1, 0.15) is 5.82 Å². The van der Waals surface area contributed by atoms with Gasteiger partial charge in [-0.05, 0) is 25.8 Å². The number of hydrogen-bond donors (Lipinski definition) is 4. The molecule has 90 valence electrons. The molecule has 0 amide bonds. The van der Waals surface area contributed by atoms with E-state index in [1.807, 2.05) is 13.8 Å². The molecule has 7 nitrogen and oxygen atoms in total. The van der Waals surface area contributed by atoms with Gasteiger partial charge in [0.15, 0.2) is 0 Å². The van der Waals surface area contributed by atoms with E-state index in [1.165, 1.54) is 6.21 Å². The lowest BCUT2D eigenvalue weighted by Crippen LogP contribution is -2.22. The maximum atomic E-state index is 5.68. The van der Waals surface area contributed by atoms with Crippen LogP contribution in [0.25, 0.3) is 0 Å². The molecule has 16 heavy (non-hydrogen) atoms. The monoisotopic (exact) mass is 225 g/mol. The number of nitrogens with zero attached hydrogens (tertiary/aromatic N) is 3. The number of nitrogens with one attached hydrogen (secondary N) is 1. The second kappa shape index (κ2) is 7.27. The first-order valence-corrected chi connectivity index (χ1v) is 4.84. The van der Waals surface area contributed by atoms with E-state index in [-0.39, 0.29) is 5.96 Å². The van der Waals surface area contributed by atoms with Crippen LogP contribution in [0.15, 0.2) is 26.7 Å². The Morgan fingerprint density at radius 3 is 2.31 bits per heavy atom. The van der Waals surface area contributed by atoms with E-state index in [4.69, 9.17) is 17.2 Å². The van der Waals surface area contributed by atoms with Crippen molar-refractivity contribution in [3.05, 3.63) is 11.4 Å². The highest BCUT2D eigenvalue weighted by atomic mass is 15.3. The zero-order chi connectivity index (χ0) is 12.6. The van der Waals surface area contributed by atoms with Crippen LogP contribution in [0.1, 0.15) is 27.2 Å². The third-order valence-corrected chi connectivity index (χ3v) is 1.75. The average Bonchev–Trinajstić information content (AvgIpc) is 2.24. The van der Waals surface area contributed by atoms with E-state index in [2.05, 4.69) is 20.7 Å². The molecule has 0 spiro atoms. The summed E-state index contributed by atoms with van der Waals surface area (Å²) in [5.74, 6) is 0.440.